The molecule has 5 heteroatoms. The van der Waals surface area contributed by atoms with E-state index in [0.29, 0.717) is 5.75 Å². The number of phenolic OH excluding ortho intramolecular Hbond substituents is 1. The van der Waals surface area contributed by atoms with Gasteiger partial charge in [-0.25, -0.2) is 0 Å². The Hall–Kier alpha value is -3.02. The van der Waals surface area contributed by atoms with Crippen molar-refractivity contribution in [3.05, 3.63) is 66.7 Å². The van der Waals surface area contributed by atoms with Crippen LogP contribution in [-0.2, 0) is 9.47 Å². The van der Waals surface area contributed by atoms with Crippen LogP contribution in [0.2, 0.25) is 0 Å². The van der Waals surface area contributed by atoms with Crippen molar-refractivity contribution in [2.75, 3.05) is 27.8 Å². The van der Waals surface area contributed by atoms with E-state index in [1.807, 2.05) is 60.7 Å². The van der Waals surface area contributed by atoms with Crippen molar-refractivity contribution in [3.63, 3.8) is 0 Å². The Morgan fingerprint density at radius 3 is 1.59 bits per heavy atom. The van der Waals surface area contributed by atoms with Crippen LogP contribution in [-0.4, -0.2) is 32.9 Å². The first-order valence-electron chi connectivity index (χ1n) is 8.48. The Kier molecular flexibility index (Phi) is 6.30. The average Bonchev–Trinajstić information content (AvgIpc) is 2.71. The Labute approximate surface area is 158 Å². The second kappa shape index (κ2) is 9.07. The molecule has 0 unspecified atom stereocenters. The highest BCUT2D eigenvalue weighted by Gasteiger charge is 2.08. The molecule has 0 saturated heterocycles. The number of methoxy groups -OCH3 is 2. The van der Waals surface area contributed by atoms with Crippen molar-refractivity contribution < 1.29 is 24.1 Å². The summed E-state index contributed by atoms with van der Waals surface area (Å²) in [4.78, 5) is 0. The van der Waals surface area contributed by atoms with E-state index in [1.54, 1.807) is 20.3 Å². The highest BCUT2D eigenvalue weighted by molar-refractivity contribution is 5.76. The quantitative estimate of drug-likeness (QED) is 0.586. The zero-order valence-corrected chi connectivity index (χ0v) is 15.3. The summed E-state index contributed by atoms with van der Waals surface area (Å²) in [5.41, 5.74) is 3.59. The van der Waals surface area contributed by atoms with Crippen molar-refractivity contribution in [1.29, 1.82) is 0 Å². The molecule has 140 valence electrons. The second-order valence-electron chi connectivity index (χ2n) is 5.88. The van der Waals surface area contributed by atoms with Gasteiger partial charge in [-0.2, -0.15) is 0 Å². The van der Waals surface area contributed by atoms with Crippen molar-refractivity contribution in [1.82, 2.24) is 0 Å². The summed E-state index contributed by atoms with van der Waals surface area (Å²) >= 11 is 0. The fraction of sp³-hybridized carbons (Fsp3) is 0.182. The average molecular weight is 366 g/mol. The van der Waals surface area contributed by atoms with Crippen LogP contribution >= 0.6 is 0 Å². The first-order valence-corrected chi connectivity index (χ1v) is 8.48. The van der Waals surface area contributed by atoms with Crippen LogP contribution in [0.15, 0.2) is 66.7 Å². The van der Waals surface area contributed by atoms with Gasteiger partial charge >= 0.3 is 0 Å². The van der Waals surface area contributed by atoms with Crippen LogP contribution < -0.4 is 9.47 Å². The third kappa shape index (κ3) is 4.78. The zero-order valence-electron chi connectivity index (χ0n) is 15.3. The number of ether oxygens (including phenoxy) is 4. The summed E-state index contributed by atoms with van der Waals surface area (Å²) in [5.74, 6) is 1.67. The maximum Gasteiger partial charge on any atom is 0.188 e. The summed E-state index contributed by atoms with van der Waals surface area (Å²) in [7, 11) is 3.16. The molecular formula is C22H22O5. The van der Waals surface area contributed by atoms with Crippen molar-refractivity contribution in [2.24, 2.45) is 0 Å². The van der Waals surface area contributed by atoms with Gasteiger partial charge in [-0.3, -0.25) is 0 Å². The molecule has 3 rings (SSSR count). The summed E-state index contributed by atoms with van der Waals surface area (Å²) < 4.78 is 20.5. The minimum atomic E-state index is 0.203. The number of benzene rings is 3. The Morgan fingerprint density at radius 1 is 0.630 bits per heavy atom. The third-order valence-electron chi connectivity index (χ3n) is 4.04. The van der Waals surface area contributed by atoms with E-state index in [4.69, 9.17) is 18.9 Å². The smallest absolute Gasteiger partial charge is 0.188 e. The van der Waals surface area contributed by atoms with E-state index >= 15 is 0 Å². The van der Waals surface area contributed by atoms with Gasteiger partial charge in [0.1, 0.15) is 17.2 Å². The Bertz CT molecular complexity index is 857. The van der Waals surface area contributed by atoms with Crippen molar-refractivity contribution in [2.45, 2.75) is 0 Å². The van der Waals surface area contributed by atoms with Crippen LogP contribution in [0.4, 0.5) is 0 Å². The molecule has 0 fully saturated rings. The molecule has 3 aromatic carbocycles. The maximum absolute atomic E-state index is 10.5. The molecule has 0 atom stereocenters. The predicted octanol–water partition coefficient (Wildman–Crippen LogP) is 4.69. The monoisotopic (exact) mass is 366 g/mol. The topological polar surface area (TPSA) is 57.2 Å². The predicted molar refractivity (Wildman–Crippen MR) is 104 cm³/mol. The molecule has 1 N–H and O–H groups in total. The van der Waals surface area contributed by atoms with Gasteiger partial charge in [0.2, 0.25) is 0 Å². The molecule has 0 amide bonds. The van der Waals surface area contributed by atoms with Crippen LogP contribution in [0.1, 0.15) is 0 Å². The second-order valence-corrected chi connectivity index (χ2v) is 5.88. The SMILES string of the molecule is COCOc1ccc(-c2ccc(-c3ccc(OCOC)cc3)c(O)c2)cc1. The highest BCUT2D eigenvalue weighted by Crippen LogP contribution is 2.34. The lowest BCUT2D eigenvalue weighted by atomic mass is 9.99. The minimum Gasteiger partial charge on any atom is -0.507 e. The molecule has 0 radical (unpaired) electrons. The molecule has 0 saturated carbocycles. The van der Waals surface area contributed by atoms with Gasteiger partial charge in [-0.15, -0.1) is 0 Å². The lowest BCUT2D eigenvalue weighted by Gasteiger charge is -2.10. The van der Waals surface area contributed by atoms with Crippen LogP contribution in [0, 0.1) is 0 Å². The third-order valence-corrected chi connectivity index (χ3v) is 4.04. The summed E-state index contributed by atoms with van der Waals surface area (Å²) in [5, 5.41) is 10.5. The van der Waals surface area contributed by atoms with E-state index in [-0.39, 0.29) is 19.3 Å². The summed E-state index contributed by atoms with van der Waals surface area (Å²) in [6.07, 6.45) is 0. The molecule has 0 bridgehead atoms. The zero-order chi connectivity index (χ0) is 19.1. The minimum absolute atomic E-state index is 0.203. The standard InChI is InChI=1S/C22H22O5/c1-24-14-26-19-8-3-16(4-9-19)18-7-12-21(22(23)13-18)17-5-10-20(11-6-17)27-15-25-2/h3-13,23H,14-15H2,1-2H3. The molecule has 0 aliphatic carbocycles. The number of hydrogen-bond donors (Lipinski definition) is 1. The molecular weight excluding hydrogens is 344 g/mol. The van der Waals surface area contributed by atoms with Crippen molar-refractivity contribution in [3.8, 4) is 39.5 Å². The van der Waals surface area contributed by atoms with Gasteiger partial charge in [-0.1, -0.05) is 36.4 Å². The van der Waals surface area contributed by atoms with Crippen molar-refractivity contribution >= 4 is 0 Å². The van der Waals surface area contributed by atoms with E-state index in [2.05, 4.69) is 0 Å². The molecule has 5 nitrogen and oxygen atoms in total. The lowest BCUT2D eigenvalue weighted by molar-refractivity contribution is 0.0510. The number of hydrogen-bond acceptors (Lipinski definition) is 5. The van der Waals surface area contributed by atoms with E-state index in [9.17, 15) is 5.11 Å². The fourth-order valence-electron chi connectivity index (χ4n) is 2.68. The molecule has 0 aliphatic rings. The van der Waals surface area contributed by atoms with Gasteiger partial charge in [0, 0.05) is 19.8 Å². The van der Waals surface area contributed by atoms with Crippen LogP contribution in [0.25, 0.3) is 22.3 Å². The Balaban J connectivity index is 1.77. The summed E-state index contributed by atoms with van der Waals surface area (Å²) in [6.45, 7) is 0.415. The number of aromatic hydroxyl groups is 1. The lowest BCUT2D eigenvalue weighted by Crippen LogP contribution is -1.98. The first-order chi connectivity index (χ1) is 13.2. The summed E-state index contributed by atoms with van der Waals surface area (Å²) in [6, 6.07) is 20.8. The van der Waals surface area contributed by atoms with E-state index < -0.39 is 0 Å². The van der Waals surface area contributed by atoms with E-state index in [1.165, 1.54) is 0 Å². The fourth-order valence-corrected chi connectivity index (χ4v) is 2.68. The van der Waals surface area contributed by atoms with Gasteiger partial charge in [0.05, 0.1) is 0 Å². The van der Waals surface area contributed by atoms with Crippen LogP contribution in [0.3, 0.4) is 0 Å². The molecule has 0 spiro atoms. The number of phenols is 1. The molecule has 0 aromatic heterocycles. The van der Waals surface area contributed by atoms with Gasteiger partial charge < -0.3 is 24.1 Å². The van der Waals surface area contributed by atoms with Crippen LogP contribution in [0.5, 0.6) is 17.2 Å². The van der Waals surface area contributed by atoms with Gasteiger partial charge in [-0.05, 0) is 47.0 Å². The Morgan fingerprint density at radius 2 is 1.11 bits per heavy atom. The molecule has 3 aromatic rings. The van der Waals surface area contributed by atoms with Gasteiger partial charge in [0.15, 0.2) is 13.6 Å². The highest BCUT2D eigenvalue weighted by atomic mass is 16.7. The molecule has 0 heterocycles. The first kappa shape index (κ1) is 18.8. The molecule has 27 heavy (non-hydrogen) atoms. The normalized spacial score (nSPS) is 10.6. The van der Waals surface area contributed by atoms with Gasteiger partial charge in [0.25, 0.3) is 0 Å². The van der Waals surface area contributed by atoms with E-state index in [0.717, 1.165) is 28.0 Å². The number of rotatable bonds is 8. The maximum atomic E-state index is 10.5. The largest absolute Gasteiger partial charge is 0.507 e. The molecule has 0 aliphatic heterocycles.